The number of hydrogen-bond acceptors (Lipinski definition) is 6. The van der Waals surface area contributed by atoms with E-state index in [2.05, 4.69) is 11.8 Å². The summed E-state index contributed by atoms with van der Waals surface area (Å²) in [7, 11) is 2.12. The van der Waals surface area contributed by atoms with Crippen LogP contribution in [-0.2, 0) is 18.6 Å². The highest BCUT2D eigenvalue weighted by molar-refractivity contribution is 7.40. The van der Waals surface area contributed by atoms with Crippen molar-refractivity contribution in [2.75, 3.05) is 47.1 Å². The second-order valence-corrected chi connectivity index (χ2v) is 11.2. The standard InChI is InChI=1S/C28H58NO5P/c1-5-7-8-9-10-11-12-13-14-15-16-17-18-22-32-25-27(24-28(30)20-6-2)26-34-35(31)33-23-19-21-29(3)4/h27,31H,5-26H2,1-4H3. The molecular weight excluding hydrogens is 461 g/mol. The molecule has 0 saturated heterocycles. The van der Waals surface area contributed by atoms with Gasteiger partial charge in [0.25, 0.3) is 0 Å². The van der Waals surface area contributed by atoms with Gasteiger partial charge in [-0.05, 0) is 39.9 Å². The molecule has 0 spiro atoms. The summed E-state index contributed by atoms with van der Waals surface area (Å²) in [5.74, 6) is 0.207. The molecule has 0 fully saturated rings. The molecule has 0 amide bonds. The number of carbonyl (C=O) groups is 1. The maximum atomic E-state index is 12.1. The Kier molecular flexibility index (Phi) is 26.9. The predicted octanol–water partition coefficient (Wildman–Crippen LogP) is 7.67. The molecular formula is C28H58NO5P. The van der Waals surface area contributed by atoms with Crippen LogP contribution in [0.15, 0.2) is 0 Å². The number of ketones is 1. The second-order valence-electron chi connectivity index (χ2n) is 10.2. The molecule has 2 atom stereocenters. The summed E-state index contributed by atoms with van der Waals surface area (Å²) < 4.78 is 16.8. The highest BCUT2D eigenvalue weighted by Crippen LogP contribution is 2.33. The summed E-state index contributed by atoms with van der Waals surface area (Å²) in [6.07, 6.45) is 20.1. The number of ether oxygens (including phenoxy) is 1. The Morgan fingerprint density at radius 2 is 1.31 bits per heavy atom. The Bertz CT molecular complexity index is 453. The minimum atomic E-state index is -1.90. The summed E-state index contributed by atoms with van der Waals surface area (Å²) in [5, 5.41) is 0. The monoisotopic (exact) mass is 519 g/mol. The zero-order valence-electron chi connectivity index (χ0n) is 23.6. The van der Waals surface area contributed by atoms with Gasteiger partial charge in [-0.3, -0.25) is 4.79 Å². The van der Waals surface area contributed by atoms with Crippen molar-refractivity contribution >= 4 is 14.4 Å². The minimum absolute atomic E-state index is 0.0291. The highest BCUT2D eigenvalue weighted by Gasteiger charge is 2.17. The van der Waals surface area contributed by atoms with Crippen LogP contribution in [0, 0.1) is 5.92 Å². The van der Waals surface area contributed by atoms with Gasteiger partial charge in [0, 0.05) is 25.4 Å². The van der Waals surface area contributed by atoms with E-state index < -0.39 is 8.60 Å². The lowest BCUT2D eigenvalue weighted by molar-refractivity contribution is -0.120. The maximum absolute atomic E-state index is 12.1. The molecule has 0 heterocycles. The smallest absolute Gasteiger partial charge is 0.329 e. The highest BCUT2D eigenvalue weighted by atomic mass is 31.2. The van der Waals surface area contributed by atoms with E-state index in [1.54, 1.807) is 0 Å². The van der Waals surface area contributed by atoms with Crippen LogP contribution in [0.5, 0.6) is 0 Å². The first kappa shape index (κ1) is 34.9. The van der Waals surface area contributed by atoms with E-state index >= 15 is 0 Å². The number of nitrogens with zero attached hydrogens (tertiary/aromatic N) is 1. The average Bonchev–Trinajstić information content (AvgIpc) is 2.82. The maximum Gasteiger partial charge on any atom is 0.329 e. The van der Waals surface area contributed by atoms with E-state index in [4.69, 9.17) is 13.8 Å². The van der Waals surface area contributed by atoms with Crippen molar-refractivity contribution in [2.24, 2.45) is 5.92 Å². The SMILES string of the molecule is CCCCCCCCCCCCCCCOCC(COP(O)OCCCN(C)C)CC(=O)CCC. The third-order valence-corrected chi connectivity index (χ3v) is 6.94. The van der Waals surface area contributed by atoms with E-state index in [-0.39, 0.29) is 11.7 Å². The Labute approximate surface area is 218 Å². The number of unbranched alkanes of at least 4 members (excludes halogenated alkanes) is 12. The van der Waals surface area contributed by atoms with Gasteiger partial charge in [-0.15, -0.1) is 0 Å². The lowest BCUT2D eigenvalue weighted by atomic mass is 10.0. The number of Topliss-reactive ketones (excluding diaryl/α,β-unsaturated/α-hetero) is 1. The van der Waals surface area contributed by atoms with Crippen LogP contribution < -0.4 is 0 Å². The van der Waals surface area contributed by atoms with Crippen molar-refractivity contribution < 1.29 is 23.5 Å². The summed E-state index contributed by atoms with van der Waals surface area (Å²) in [5.41, 5.74) is 0. The lowest BCUT2D eigenvalue weighted by Gasteiger charge is -2.18. The van der Waals surface area contributed by atoms with Crippen molar-refractivity contribution in [1.29, 1.82) is 0 Å². The largest absolute Gasteiger partial charge is 0.381 e. The average molecular weight is 520 g/mol. The molecule has 0 aromatic carbocycles. The number of hydrogen-bond donors (Lipinski definition) is 1. The van der Waals surface area contributed by atoms with Crippen LogP contribution in [0.25, 0.3) is 0 Å². The fraction of sp³-hybridized carbons (Fsp3) is 0.964. The van der Waals surface area contributed by atoms with Gasteiger partial charge in [0.15, 0.2) is 0 Å². The quantitative estimate of drug-likeness (QED) is 0.0845. The van der Waals surface area contributed by atoms with Gasteiger partial charge in [-0.25, -0.2) is 0 Å². The predicted molar refractivity (Wildman–Crippen MR) is 149 cm³/mol. The summed E-state index contributed by atoms with van der Waals surface area (Å²) >= 11 is 0. The van der Waals surface area contributed by atoms with Crippen LogP contribution in [0.4, 0.5) is 0 Å². The van der Waals surface area contributed by atoms with Crippen molar-refractivity contribution in [3.8, 4) is 0 Å². The van der Waals surface area contributed by atoms with Crippen LogP contribution >= 0.6 is 8.60 Å². The molecule has 0 rings (SSSR count). The topological polar surface area (TPSA) is 68.2 Å². The molecule has 0 aromatic heterocycles. The number of carbonyl (C=O) groups excluding carboxylic acids is 1. The molecule has 0 bridgehead atoms. The van der Waals surface area contributed by atoms with Crippen molar-refractivity contribution in [1.82, 2.24) is 4.90 Å². The van der Waals surface area contributed by atoms with Gasteiger partial charge < -0.3 is 23.6 Å². The Hall–Kier alpha value is -0.100. The third kappa shape index (κ3) is 26.8. The second kappa shape index (κ2) is 26.9. The molecule has 1 N–H and O–H groups in total. The van der Waals surface area contributed by atoms with Crippen LogP contribution in [-0.4, -0.2) is 62.6 Å². The normalized spacial score (nSPS) is 13.4. The molecule has 0 radical (unpaired) electrons. The molecule has 35 heavy (non-hydrogen) atoms. The third-order valence-electron chi connectivity index (χ3n) is 6.16. The Morgan fingerprint density at radius 3 is 1.86 bits per heavy atom. The first-order valence-corrected chi connectivity index (χ1v) is 15.6. The summed E-state index contributed by atoms with van der Waals surface area (Å²) in [6.45, 7) is 7.18. The molecule has 210 valence electrons. The fourth-order valence-electron chi connectivity index (χ4n) is 4.07. The van der Waals surface area contributed by atoms with Gasteiger partial charge in [-0.1, -0.05) is 90.9 Å². The van der Waals surface area contributed by atoms with Crippen molar-refractivity contribution in [3.63, 3.8) is 0 Å². The van der Waals surface area contributed by atoms with Gasteiger partial charge in [-0.2, -0.15) is 0 Å². The Balaban J connectivity index is 3.82. The van der Waals surface area contributed by atoms with Gasteiger partial charge in [0.05, 0.1) is 19.8 Å². The molecule has 0 aliphatic carbocycles. The van der Waals surface area contributed by atoms with Gasteiger partial charge >= 0.3 is 8.60 Å². The van der Waals surface area contributed by atoms with Crippen molar-refractivity contribution in [3.05, 3.63) is 0 Å². The first-order valence-electron chi connectivity index (χ1n) is 14.5. The van der Waals surface area contributed by atoms with Crippen molar-refractivity contribution in [2.45, 2.75) is 123 Å². The molecule has 7 heteroatoms. The molecule has 0 saturated carbocycles. The molecule has 0 aromatic rings. The molecule has 6 nitrogen and oxygen atoms in total. The van der Waals surface area contributed by atoms with Crippen LogP contribution in [0.2, 0.25) is 0 Å². The molecule has 0 aliphatic rings. The first-order chi connectivity index (χ1) is 17.0. The van der Waals surface area contributed by atoms with E-state index in [0.29, 0.717) is 32.7 Å². The molecule has 2 unspecified atom stereocenters. The van der Waals surface area contributed by atoms with Gasteiger partial charge in [0.1, 0.15) is 5.78 Å². The summed E-state index contributed by atoms with van der Waals surface area (Å²) in [4.78, 5) is 24.2. The summed E-state index contributed by atoms with van der Waals surface area (Å²) in [6, 6.07) is 0. The van der Waals surface area contributed by atoms with E-state index in [1.807, 2.05) is 21.0 Å². The molecule has 0 aliphatic heterocycles. The minimum Gasteiger partial charge on any atom is -0.381 e. The van der Waals surface area contributed by atoms with Crippen LogP contribution in [0.3, 0.4) is 0 Å². The van der Waals surface area contributed by atoms with Gasteiger partial charge in [0.2, 0.25) is 0 Å². The fourth-order valence-corrected chi connectivity index (χ4v) is 4.77. The Morgan fingerprint density at radius 1 is 0.743 bits per heavy atom. The van der Waals surface area contributed by atoms with E-state index in [1.165, 1.54) is 77.0 Å². The number of rotatable bonds is 28. The zero-order valence-corrected chi connectivity index (χ0v) is 24.5. The van der Waals surface area contributed by atoms with E-state index in [9.17, 15) is 9.69 Å². The van der Waals surface area contributed by atoms with E-state index in [0.717, 1.165) is 32.4 Å². The lowest BCUT2D eigenvalue weighted by Crippen LogP contribution is -2.20. The zero-order chi connectivity index (χ0) is 26.0. The van der Waals surface area contributed by atoms with Crippen LogP contribution in [0.1, 0.15) is 123 Å².